The Kier molecular flexibility index (Phi) is 5.49. The largest absolute Gasteiger partial charge is 0.490 e. The summed E-state index contributed by atoms with van der Waals surface area (Å²) in [4.78, 5) is 15.8. The fourth-order valence-electron chi connectivity index (χ4n) is 6.42. The van der Waals surface area contributed by atoms with Crippen molar-refractivity contribution in [1.29, 1.82) is 5.26 Å². The molecule has 3 atom stereocenters. The molecule has 2 saturated carbocycles. The third kappa shape index (κ3) is 4.23. The van der Waals surface area contributed by atoms with E-state index in [-0.39, 0.29) is 29.3 Å². The first-order valence-electron chi connectivity index (χ1n) is 12.9. The van der Waals surface area contributed by atoms with Gasteiger partial charge in [-0.1, -0.05) is 18.2 Å². The van der Waals surface area contributed by atoms with Crippen molar-refractivity contribution in [2.45, 2.75) is 58.7 Å². The first-order chi connectivity index (χ1) is 17.7. The lowest BCUT2D eigenvalue weighted by Gasteiger charge is -2.39. The van der Waals surface area contributed by atoms with Crippen LogP contribution in [0.2, 0.25) is 0 Å². The second-order valence-electron chi connectivity index (χ2n) is 11.2. The number of aliphatic carboxylic acids is 1. The van der Waals surface area contributed by atoms with Gasteiger partial charge in [-0.05, 0) is 90.3 Å². The van der Waals surface area contributed by atoms with E-state index in [1.807, 2.05) is 19.1 Å². The van der Waals surface area contributed by atoms with E-state index in [0.717, 1.165) is 52.8 Å². The van der Waals surface area contributed by atoms with Crippen molar-refractivity contribution in [3.8, 4) is 28.8 Å². The summed E-state index contributed by atoms with van der Waals surface area (Å²) in [5, 5.41) is 18.6. The summed E-state index contributed by atoms with van der Waals surface area (Å²) in [6.45, 7) is 6.60. The molecule has 0 saturated heterocycles. The van der Waals surface area contributed by atoms with Crippen LogP contribution < -0.4 is 9.47 Å². The van der Waals surface area contributed by atoms with Gasteiger partial charge in [0.2, 0.25) is 5.88 Å². The predicted molar refractivity (Wildman–Crippen MR) is 138 cm³/mol. The Bertz CT molecular complexity index is 1430. The van der Waals surface area contributed by atoms with E-state index in [2.05, 4.69) is 55.2 Å². The molecule has 6 rings (SSSR count). The molecule has 2 fully saturated rings. The number of nitriles is 1. The summed E-state index contributed by atoms with van der Waals surface area (Å²) in [7, 11) is 0. The second-order valence-corrected chi connectivity index (χ2v) is 11.2. The molecule has 0 amide bonds. The van der Waals surface area contributed by atoms with E-state index in [1.165, 1.54) is 11.1 Å². The number of fused-ring (bicyclic) bond motifs is 3. The number of hydrogen-bond acceptors (Lipinski definition) is 5. The number of pyridine rings is 1. The molecule has 0 bridgehead atoms. The Labute approximate surface area is 216 Å². The SMILES string of the molecule is Cc1cc(OC2CC(C)(C#N)C2)cc(C)c1-c1cccc(COc2cc3c(cn2)C2C(C3)C2C(=O)O)c1. The van der Waals surface area contributed by atoms with Crippen molar-refractivity contribution in [2.24, 2.45) is 17.3 Å². The molecule has 1 aromatic heterocycles. The lowest BCUT2D eigenvalue weighted by Crippen LogP contribution is -2.41. The van der Waals surface area contributed by atoms with Gasteiger partial charge >= 0.3 is 5.97 Å². The number of carboxylic acids is 1. The molecule has 3 aliphatic carbocycles. The van der Waals surface area contributed by atoms with Crippen molar-refractivity contribution in [3.63, 3.8) is 0 Å². The van der Waals surface area contributed by atoms with Crippen LogP contribution in [-0.4, -0.2) is 22.2 Å². The Morgan fingerprint density at radius 2 is 1.95 bits per heavy atom. The molecule has 37 heavy (non-hydrogen) atoms. The Morgan fingerprint density at radius 3 is 2.65 bits per heavy atom. The first-order valence-corrected chi connectivity index (χ1v) is 12.9. The molecular formula is C31H30N2O4. The summed E-state index contributed by atoms with van der Waals surface area (Å²) in [5.41, 5.74) is 7.65. The van der Waals surface area contributed by atoms with E-state index in [0.29, 0.717) is 12.5 Å². The summed E-state index contributed by atoms with van der Waals surface area (Å²) in [6, 6.07) is 16.9. The van der Waals surface area contributed by atoms with Crippen LogP contribution in [0.25, 0.3) is 11.1 Å². The lowest BCUT2D eigenvalue weighted by atomic mass is 9.69. The number of rotatable bonds is 7. The highest BCUT2D eigenvalue weighted by molar-refractivity contribution is 5.77. The number of carbonyl (C=O) groups is 1. The van der Waals surface area contributed by atoms with Crippen molar-refractivity contribution in [3.05, 3.63) is 76.5 Å². The molecular weight excluding hydrogens is 464 g/mol. The number of hydrogen-bond donors (Lipinski definition) is 1. The summed E-state index contributed by atoms with van der Waals surface area (Å²) < 4.78 is 12.2. The van der Waals surface area contributed by atoms with Gasteiger partial charge in [0.25, 0.3) is 0 Å². The van der Waals surface area contributed by atoms with Gasteiger partial charge in [0.05, 0.1) is 17.4 Å². The number of benzene rings is 2. The standard InChI is InChI=1S/C31H30N2O4/c1-17-7-22(37-23-12-31(3,13-23)16-32)8-18(2)27(17)20-6-4-5-19(9-20)15-36-26-11-21-10-24-28(25(21)14-33-26)29(24)30(34)35/h4-9,11,14,23-24,28-29H,10,12-13,15H2,1-3H3,(H,34,35). The number of ether oxygens (including phenoxy) is 2. The van der Waals surface area contributed by atoms with Crippen LogP contribution in [0.15, 0.2) is 48.7 Å². The summed E-state index contributed by atoms with van der Waals surface area (Å²) >= 11 is 0. The monoisotopic (exact) mass is 494 g/mol. The average Bonchev–Trinajstić information content (AvgIpc) is 3.44. The number of aromatic nitrogens is 1. The van der Waals surface area contributed by atoms with Gasteiger partial charge in [-0.3, -0.25) is 4.79 Å². The van der Waals surface area contributed by atoms with Crippen molar-refractivity contribution in [1.82, 2.24) is 4.98 Å². The van der Waals surface area contributed by atoms with Gasteiger partial charge in [-0.2, -0.15) is 5.26 Å². The highest BCUT2D eigenvalue weighted by Gasteiger charge is 2.59. The second kappa shape index (κ2) is 8.62. The van der Waals surface area contributed by atoms with Gasteiger partial charge in [0, 0.05) is 31.0 Å². The molecule has 3 unspecified atom stereocenters. The van der Waals surface area contributed by atoms with Gasteiger partial charge in [0.1, 0.15) is 18.5 Å². The minimum atomic E-state index is -0.699. The molecule has 6 heteroatoms. The summed E-state index contributed by atoms with van der Waals surface area (Å²) in [5.74, 6) is 0.841. The molecule has 6 nitrogen and oxygen atoms in total. The molecule has 3 aliphatic rings. The maximum Gasteiger partial charge on any atom is 0.307 e. The number of carboxylic acid groups (broad SMARTS) is 1. The van der Waals surface area contributed by atoms with Gasteiger partial charge in [0.15, 0.2) is 0 Å². The highest BCUT2D eigenvalue weighted by atomic mass is 16.5. The zero-order valence-corrected chi connectivity index (χ0v) is 21.3. The lowest BCUT2D eigenvalue weighted by molar-refractivity contribution is -0.139. The third-order valence-electron chi connectivity index (χ3n) is 8.31. The van der Waals surface area contributed by atoms with Crippen LogP contribution in [0.1, 0.15) is 53.5 Å². The van der Waals surface area contributed by atoms with E-state index >= 15 is 0 Å². The number of nitrogens with zero attached hydrogens (tertiary/aromatic N) is 2. The maximum absolute atomic E-state index is 11.3. The van der Waals surface area contributed by atoms with Crippen LogP contribution in [0.3, 0.4) is 0 Å². The van der Waals surface area contributed by atoms with Crippen LogP contribution >= 0.6 is 0 Å². The zero-order chi connectivity index (χ0) is 25.9. The first kappa shape index (κ1) is 23.5. The van der Waals surface area contributed by atoms with Gasteiger partial charge in [-0.25, -0.2) is 4.98 Å². The molecule has 2 aromatic carbocycles. The number of aryl methyl sites for hydroxylation is 2. The molecule has 188 valence electrons. The molecule has 0 radical (unpaired) electrons. The molecule has 1 heterocycles. The Balaban J connectivity index is 1.13. The average molecular weight is 495 g/mol. The minimum Gasteiger partial charge on any atom is -0.490 e. The Morgan fingerprint density at radius 1 is 1.19 bits per heavy atom. The van der Waals surface area contributed by atoms with Crippen molar-refractivity contribution in [2.75, 3.05) is 0 Å². The fourth-order valence-corrected chi connectivity index (χ4v) is 6.42. The van der Waals surface area contributed by atoms with Gasteiger partial charge < -0.3 is 14.6 Å². The van der Waals surface area contributed by atoms with Crippen molar-refractivity contribution < 1.29 is 19.4 Å². The third-order valence-corrected chi connectivity index (χ3v) is 8.31. The Hall–Kier alpha value is -3.85. The normalized spacial score (nSPS) is 26.9. The predicted octanol–water partition coefficient (Wildman–Crippen LogP) is 5.99. The molecule has 3 aromatic rings. The van der Waals surface area contributed by atoms with Crippen LogP contribution in [0.5, 0.6) is 11.6 Å². The van der Waals surface area contributed by atoms with Crippen LogP contribution in [0.4, 0.5) is 0 Å². The molecule has 0 spiro atoms. The minimum absolute atomic E-state index is 0.104. The maximum atomic E-state index is 11.3. The van der Waals surface area contributed by atoms with E-state index < -0.39 is 5.97 Å². The van der Waals surface area contributed by atoms with Crippen molar-refractivity contribution >= 4 is 5.97 Å². The molecule has 1 N–H and O–H groups in total. The van der Waals surface area contributed by atoms with Crippen LogP contribution in [-0.2, 0) is 17.8 Å². The van der Waals surface area contributed by atoms with Crippen LogP contribution in [0, 0.1) is 42.4 Å². The topological polar surface area (TPSA) is 92.4 Å². The van der Waals surface area contributed by atoms with E-state index in [1.54, 1.807) is 6.20 Å². The molecule has 0 aliphatic heterocycles. The summed E-state index contributed by atoms with van der Waals surface area (Å²) in [6.07, 6.45) is 4.24. The smallest absolute Gasteiger partial charge is 0.307 e. The van der Waals surface area contributed by atoms with E-state index in [4.69, 9.17) is 9.47 Å². The quantitative estimate of drug-likeness (QED) is 0.434. The van der Waals surface area contributed by atoms with E-state index in [9.17, 15) is 15.2 Å². The highest BCUT2D eigenvalue weighted by Crippen LogP contribution is 2.61. The fraction of sp³-hybridized carbons (Fsp3) is 0.387. The van der Waals surface area contributed by atoms with Gasteiger partial charge in [-0.15, -0.1) is 0 Å². The zero-order valence-electron chi connectivity index (χ0n) is 21.3.